The van der Waals surface area contributed by atoms with Gasteiger partial charge in [-0.05, 0) is 44.2 Å². The summed E-state index contributed by atoms with van der Waals surface area (Å²) in [5, 5.41) is 7.00. The Morgan fingerprint density at radius 3 is 1.88 bits per heavy atom. The second-order valence-corrected chi connectivity index (χ2v) is 5.56. The van der Waals surface area contributed by atoms with E-state index in [0.29, 0.717) is 0 Å². The minimum absolute atomic E-state index is 0.178. The second-order valence-electron chi connectivity index (χ2n) is 5.56. The van der Waals surface area contributed by atoms with Gasteiger partial charge in [-0.2, -0.15) is 0 Å². The van der Waals surface area contributed by atoms with Crippen molar-refractivity contribution in [3.63, 3.8) is 0 Å². The van der Waals surface area contributed by atoms with Crippen LogP contribution in [0.1, 0.15) is 31.8 Å². The summed E-state index contributed by atoms with van der Waals surface area (Å²) < 4.78 is 16.9. The normalized spacial score (nSPS) is 17.0. The standard InChI is InChI=1S/C7H10N2O.C6H5F.C5H10.CH4O/c1-5-7(10-3)4-8-6(2)9-5;7-6-4-2-1-3-5-6;1-4-3-5(4)2;1-2/h4H,1-3H3;1-5H;4-5H,3H2,1-2H3;2H,1H3. The first-order chi connectivity index (χ1) is 11.4. The molecule has 2 unspecified atom stereocenters. The molecule has 2 atom stereocenters. The number of methoxy groups -OCH3 is 1. The molecule has 0 spiro atoms. The van der Waals surface area contributed by atoms with Crippen molar-refractivity contribution >= 4 is 0 Å². The van der Waals surface area contributed by atoms with Crippen molar-refractivity contribution in [2.75, 3.05) is 14.2 Å². The predicted molar refractivity (Wildman–Crippen MR) is 95.5 cm³/mol. The van der Waals surface area contributed by atoms with Crippen LogP contribution in [0.2, 0.25) is 0 Å². The van der Waals surface area contributed by atoms with Gasteiger partial charge in [0.25, 0.3) is 0 Å². The topological polar surface area (TPSA) is 55.2 Å². The van der Waals surface area contributed by atoms with Gasteiger partial charge in [0, 0.05) is 7.11 Å². The molecule has 3 rings (SSSR count). The van der Waals surface area contributed by atoms with Crippen molar-refractivity contribution in [1.29, 1.82) is 0 Å². The van der Waals surface area contributed by atoms with Crippen LogP contribution >= 0.6 is 0 Å². The lowest BCUT2D eigenvalue weighted by molar-refractivity contribution is 0.399. The van der Waals surface area contributed by atoms with E-state index in [2.05, 4.69) is 23.8 Å². The number of aliphatic hydroxyl groups is 1. The molecule has 1 aromatic carbocycles. The number of aliphatic hydroxyl groups excluding tert-OH is 1. The molecule has 0 aliphatic heterocycles. The molecule has 1 heterocycles. The zero-order valence-corrected chi connectivity index (χ0v) is 15.5. The molecule has 0 saturated heterocycles. The summed E-state index contributed by atoms with van der Waals surface area (Å²) in [5.41, 5.74) is 0.884. The Hall–Kier alpha value is -2.01. The van der Waals surface area contributed by atoms with Crippen LogP contribution < -0.4 is 4.74 Å². The number of aromatic nitrogens is 2. The molecule has 2 aromatic rings. The maximum atomic E-state index is 11.9. The van der Waals surface area contributed by atoms with Gasteiger partial charge in [0.15, 0.2) is 5.75 Å². The maximum absolute atomic E-state index is 11.9. The van der Waals surface area contributed by atoms with E-state index in [4.69, 9.17) is 9.84 Å². The third-order valence-corrected chi connectivity index (χ3v) is 3.52. The van der Waals surface area contributed by atoms with E-state index in [1.165, 1.54) is 18.6 Å². The SMILES string of the molecule is CC1CC1C.CO.COc1cnc(C)nc1C.Fc1ccccc1. The molecule has 1 aromatic heterocycles. The molecule has 4 nitrogen and oxygen atoms in total. The highest BCUT2D eigenvalue weighted by molar-refractivity contribution is 5.22. The molecule has 1 fully saturated rings. The van der Waals surface area contributed by atoms with Crippen LogP contribution in [0.5, 0.6) is 5.75 Å². The van der Waals surface area contributed by atoms with Crippen LogP contribution in [-0.4, -0.2) is 29.3 Å². The zero-order valence-electron chi connectivity index (χ0n) is 15.5. The predicted octanol–water partition coefficient (Wildman–Crippen LogP) is 4.20. The van der Waals surface area contributed by atoms with E-state index >= 15 is 0 Å². The fourth-order valence-electron chi connectivity index (χ4n) is 1.70. The molecule has 24 heavy (non-hydrogen) atoms. The lowest BCUT2D eigenvalue weighted by Gasteiger charge is -2.01. The van der Waals surface area contributed by atoms with Crippen molar-refractivity contribution in [3.8, 4) is 5.75 Å². The van der Waals surface area contributed by atoms with Crippen molar-refractivity contribution < 1.29 is 14.2 Å². The molecule has 134 valence electrons. The molecule has 1 saturated carbocycles. The summed E-state index contributed by atoms with van der Waals surface area (Å²) in [5.74, 6) is 3.44. The van der Waals surface area contributed by atoms with Gasteiger partial charge < -0.3 is 9.84 Å². The van der Waals surface area contributed by atoms with Crippen LogP contribution in [0.4, 0.5) is 4.39 Å². The first kappa shape index (κ1) is 22.0. The number of halogens is 1. The molecule has 1 N–H and O–H groups in total. The highest BCUT2D eigenvalue weighted by atomic mass is 19.1. The van der Waals surface area contributed by atoms with E-state index in [1.807, 2.05) is 13.8 Å². The van der Waals surface area contributed by atoms with Crippen LogP contribution in [0.3, 0.4) is 0 Å². The van der Waals surface area contributed by atoms with E-state index in [9.17, 15) is 4.39 Å². The monoisotopic (exact) mass is 336 g/mol. The third kappa shape index (κ3) is 9.90. The number of hydrogen-bond acceptors (Lipinski definition) is 4. The highest BCUT2D eigenvalue weighted by Crippen LogP contribution is 2.36. The Morgan fingerprint density at radius 2 is 1.58 bits per heavy atom. The zero-order chi connectivity index (χ0) is 18.5. The molecule has 5 heteroatoms. The van der Waals surface area contributed by atoms with E-state index in [0.717, 1.165) is 36.2 Å². The number of rotatable bonds is 1. The molecule has 1 aliphatic carbocycles. The number of ether oxygens (including phenoxy) is 1. The molecular weight excluding hydrogens is 307 g/mol. The van der Waals surface area contributed by atoms with Gasteiger partial charge in [0.05, 0.1) is 19.0 Å². The van der Waals surface area contributed by atoms with Crippen LogP contribution in [0, 0.1) is 31.5 Å². The average Bonchev–Trinajstić information content (AvgIpc) is 3.24. The summed E-state index contributed by atoms with van der Waals surface area (Å²) in [4.78, 5) is 8.08. The number of aryl methyl sites for hydroxylation is 2. The van der Waals surface area contributed by atoms with Crippen molar-refractivity contribution in [2.24, 2.45) is 11.8 Å². The fourth-order valence-corrected chi connectivity index (χ4v) is 1.70. The largest absolute Gasteiger partial charge is 0.493 e. The maximum Gasteiger partial charge on any atom is 0.158 e. The minimum Gasteiger partial charge on any atom is -0.493 e. The Labute approximate surface area is 144 Å². The lowest BCUT2D eigenvalue weighted by Crippen LogP contribution is -1.94. The average molecular weight is 336 g/mol. The smallest absolute Gasteiger partial charge is 0.158 e. The molecule has 0 bridgehead atoms. The van der Waals surface area contributed by atoms with Crippen molar-refractivity contribution in [2.45, 2.75) is 34.1 Å². The number of nitrogens with zero attached hydrogens (tertiary/aromatic N) is 2. The van der Waals surface area contributed by atoms with Crippen LogP contribution in [0.25, 0.3) is 0 Å². The van der Waals surface area contributed by atoms with Gasteiger partial charge >= 0.3 is 0 Å². The Kier molecular flexibility index (Phi) is 11.4. The Morgan fingerprint density at radius 1 is 1.08 bits per heavy atom. The molecular formula is C19H29FN2O2. The third-order valence-electron chi connectivity index (χ3n) is 3.52. The van der Waals surface area contributed by atoms with Gasteiger partial charge in [-0.25, -0.2) is 14.4 Å². The number of benzene rings is 1. The summed E-state index contributed by atoms with van der Waals surface area (Å²) in [6.45, 7) is 8.34. The van der Waals surface area contributed by atoms with Crippen molar-refractivity contribution in [1.82, 2.24) is 9.97 Å². The quantitative estimate of drug-likeness (QED) is 0.848. The Bertz CT molecular complexity index is 559. The summed E-state index contributed by atoms with van der Waals surface area (Å²) >= 11 is 0. The van der Waals surface area contributed by atoms with Crippen LogP contribution in [0.15, 0.2) is 36.5 Å². The molecule has 0 amide bonds. The van der Waals surface area contributed by atoms with Crippen LogP contribution in [-0.2, 0) is 0 Å². The first-order valence-corrected chi connectivity index (χ1v) is 7.93. The van der Waals surface area contributed by atoms with Crippen molar-refractivity contribution in [3.05, 3.63) is 53.9 Å². The van der Waals surface area contributed by atoms with Gasteiger partial charge in [0.1, 0.15) is 11.6 Å². The summed E-state index contributed by atoms with van der Waals surface area (Å²) in [6.07, 6.45) is 3.15. The van der Waals surface area contributed by atoms with Gasteiger partial charge in [-0.15, -0.1) is 0 Å². The van der Waals surface area contributed by atoms with Gasteiger partial charge in [0.2, 0.25) is 0 Å². The summed E-state index contributed by atoms with van der Waals surface area (Å²) in [7, 11) is 2.61. The second kappa shape index (κ2) is 12.4. The lowest BCUT2D eigenvalue weighted by atomic mass is 10.4. The number of hydrogen-bond donors (Lipinski definition) is 1. The highest BCUT2D eigenvalue weighted by Gasteiger charge is 2.26. The Balaban J connectivity index is 0.000000330. The van der Waals surface area contributed by atoms with E-state index < -0.39 is 0 Å². The fraction of sp³-hybridized carbons (Fsp3) is 0.474. The summed E-state index contributed by atoms with van der Waals surface area (Å²) in [6, 6.07) is 7.94. The molecule has 1 aliphatic rings. The van der Waals surface area contributed by atoms with E-state index in [1.54, 1.807) is 31.5 Å². The van der Waals surface area contributed by atoms with Gasteiger partial charge in [-0.1, -0.05) is 32.0 Å². The minimum atomic E-state index is -0.178. The van der Waals surface area contributed by atoms with Gasteiger partial charge in [-0.3, -0.25) is 0 Å². The van der Waals surface area contributed by atoms with E-state index in [-0.39, 0.29) is 5.82 Å². The molecule has 0 radical (unpaired) electrons. The first-order valence-electron chi connectivity index (χ1n) is 7.93.